The summed E-state index contributed by atoms with van der Waals surface area (Å²) in [5.41, 5.74) is 6.22. The molecule has 4 heteroatoms. The van der Waals surface area contributed by atoms with Crippen LogP contribution < -0.4 is 5.73 Å². The van der Waals surface area contributed by atoms with E-state index < -0.39 is 0 Å². The third kappa shape index (κ3) is 3.57. The van der Waals surface area contributed by atoms with Gasteiger partial charge in [-0.25, -0.2) is 0 Å². The number of rotatable bonds is 4. The highest BCUT2D eigenvalue weighted by atomic mass is 32.1. The number of hydrogen-bond donors (Lipinski definition) is 2. The van der Waals surface area contributed by atoms with Crippen LogP contribution >= 0.6 is 11.3 Å². The van der Waals surface area contributed by atoms with Crippen LogP contribution in [0, 0.1) is 12.8 Å². The van der Waals surface area contributed by atoms with E-state index >= 15 is 0 Å². The summed E-state index contributed by atoms with van der Waals surface area (Å²) in [6, 6.07) is 4.86. The lowest BCUT2D eigenvalue weighted by Gasteiger charge is -2.39. The molecule has 3 atom stereocenters. The second kappa shape index (κ2) is 6.35. The Morgan fingerprint density at radius 2 is 1.95 bits per heavy atom. The Bertz CT molecular complexity index is 395. The first-order chi connectivity index (χ1) is 8.99. The number of hydrogen-bond acceptors (Lipinski definition) is 4. The van der Waals surface area contributed by atoms with Gasteiger partial charge in [-0.05, 0) is 64.8 Å². The van der Waals surface area contributed by atoms with Crippen LogP contribution in [0.5, 0.6) is 0 Å². The van der Waals surface area contributed by atoms with Gasteiger partial charge in [-0.15, -0.1) is 11.3 Å². The van der Waals surface area contributed by atoms with Gasteiger partial charge in [0.1, 0.15) is 0 Å². The molecule has 108 valence electrons. The van der Waals surface area contributed by atoms with Gasteiger partial charge in [0.05, 0.1) is 12.1 Å². The summed E-state index contributed by atoms with van der Waals surface area (Å²) in [5, 5.41) is 9.69. The molecule has 19 heavy (non-hydrogen) atoms. The zero-order valence-corrected chi connectivity index (χ0v) is 13.0. The Labute approximate surface area is 120 Å². The molecule has 0 spiro atoms. The van der Waals surface area contributed by atoms with E-state index in [-0.39, 0.29) is 12.1 Å². The molecule has 3 nitrogen and oxygen atoms in total. The predicted octanol–water partition coefficient (Wildman–Crippen LogP) is 2.54. The van der Waals surface area contributed by atoms with E-state index in [0.29, 0.717) is 12.0 Å². The normalized spacial score (nSPS) is 23.2. The number of piperidine rings is 1. The van der Waals surface area contributed by atoms with Crippen LogP contribution in [0.4, 0.5) is 0 Å². The van der Waals surface area contributed by atoms with Crippen molar-refractivity contribution >= 4 is 11.3 Å². The molecule has 1 aromatic heterocycles. The molecule has 1 aliphatic heterocycles. The fraction of sp³-hybridized carbons (Fsp3) is 0.733. The Morgan fingerprint density at radius 1 is 1.32 bits per heavy atom. The predicted molar refractivity (Wildman–Crippen MR) is 81.4 cm³/mol. The number of aliphatic hydroxyl groups is 1. The van der Waals surface area contributed by atoms with Gasteiger partial charge in [0, 0.05) is 15.8 Å². The third-order valence-corrected chi connectivity index (χ3v) is 5.27. The van der Waals surface area contributed by atoms with Crippen molar-refractivity contribution in [3.8, 4) is 0 Å². The second-order valence-corrected chi connectivity index (χ2v) is 7.19. The van der Waals surface area contributed by atoms with Crippen molar-refractivity contribution in [2.75, 3.05) is 13.1 Å². The van der Waals surface area contributed by atoms with Crippen molar-refractivity contribution < 1.29 is 5.11 Å². The summed E-state index contributed by atoms with van der Waals surface area (Å²) in [6.45, 7) is 8.23. The molecule has 3 N–H and O–H groups in total. The Hall–Kier alpha value is -0.420. The maximum atomic E-state index is 9.69. The summed E-state index contributed by atoms with van der Waals surface area (Å²) in [4.78, 5) is 5.22. The van der Waals surface area contributed by atoms with Crippen LogP contribution in [0.1, 0.15) is 42.5 Å². The van der Waals surface area contributed by atoms with Crippen LogP contribution in [0.2, 0.25) is 0 Å². The first-order valence-corrected chi connectivity index (χ1v) is 8.04. The molecular weight excluding hydrogens is 256 g/mol. The molecule has 0 radical (unpaired) electrons. The third-order valence-electron chi connectivity index (χ3n) is 4.20. The van der Waals surface area contributed by atoms with Gasteiger partial charge in [-0.2, -0.15) is 0 Å². The monoisotopic (exact) mass is 282 g/mol. The quantitative estimate of drug-likeness (QED) is 0.892. The largest absolute Gasteiger partial charge is 0.393 e. The van der Waals surface area contributed by atoms with Gasteiger partial charge >= 0.3 is 0 Å². The van der Waals surface area contributed by atoms with E-state index in [1.807, 2.05) is 18.3 Å². The Kier molecular flexibility index (Phi) is 5.01. The standard InChI is InChI=1S/C15H26N2OS/c1-10-4-5-14(19-10)15(11(2)16)17-8-6-13(7-9-17)12(3)18/h4-5,11-13,15,18H,6-9,16H2,1-3H3. The molecule has 0 aromatic carbocycles. The highest BCUT2D eigenvalue weighted by Crippen LogP contribution is 2.33. The van der Waals surface area contributed by atoms with E-state index in [1.165, 1.54) is 9.75 Å². The summed E-state index contributed by atoms with van der Waals surface area (Å²) in [5.74, 6) is 0.454. The van der Waals surface area contributed by atoms with Crippen LogP contribution in [-0.4, -0.2) is 35.2 Å². The maximum absolute atomic E-state index is 9.69. The minimum atomic E-state index is -0.181. The lowest BCUT2D eigenvalue weighted by atomic mass is 9.90. The van der Waals surface area contributed by atoms with E-state index in [0.717, 1.165) is 25.9 Å². The van der Waals surface area contributed by atoms with Gasteiger partial charge in [-0.1, -0.05) is 0 Å². The number of thiophene rings is 1. The number of nitrogens with two attached hydrogens (primary N) is 1. The zero-order chi connectivity index (χ0) is 14.0. The molecule has 0 saturated carbocycles. The number of aryl methyl sites for hydroxylation is 1. The molecule has 1 fully saturated rings. The summed E-state index contributed by atoms with van der Waals surface area (Å²) < 4.78 is 0. The van der Waals surface area contributed by atoms with Crippen LogP contribution in [-0.2, 0) is 0 Å². The van der Waals surface area contributed by atoms with Gasteiger partial charge < -0.3 is 10.8 Å². The van der Waals surface area contributed by atoms with Crippen molar-refractivity contribution in [1.82, 2.24) is 4.90 Å². The van der Waals surface area contributed by atoms with Crippen molar-refractivity contribution in [1.29, 1.82) is 0 Å². The number of aliphatic hydroxyl groups excluding tert-OH is 1. The second-order valence-electron chi connectivity index (χ2n) is 5.87. The fourth-order valence-corrected chi connectivity index (χ4v) is 4.19. The van der Waals surface area contributed by atoms with Crippen LogP contribution in [0.15, 0.2) is 12.1 Å². The van der Waals surface area contributed by atoms with E-state index in [9.17, 15) is 5.11 Å². The molecule has 2 heterocycles. The zero-order valence-electron chi connectivity index (χ0n) is 12.2. The molecule has 0 bridgehead atoms. The minimum absolute atomic E-state index is 0.140. The average Bonchev–Trinajstić information content (AvgIpc) is 2.76. The molecule has 3 unspecified atom stereocenters. The van der Waals surface area contributed by atoms with Gasteiger partial charge in [0.15, 0.2) is 0 Å². The highest BCUT2D eigenvalue weighted by Gasteiger charge is 2.30. The van der Waals surface area contributed by atoms with Gasteiger partial charge in [0.2, 0.25) is 0 Å². The van der Waals surface area contributed by atoms with Crippen molar-refractivity contribution in [3.05, 3.63) is 21.9 Å². The molecule has 1 aliphatic rings. The molecule has 0 amide bonds. The van der Waals surface area contributed by atoms with Gasteiger partial charge in [0.25, 0.3) is 0 Å². The minimum Gasteiger partial charge on any atom is -0.393 e. The first-order valence-electron chi connectivity index (χ1n) is 7.23. The number of likely N-dealkylation sites (tertiary alicyclic amines) is 1. The van der Waals surface area contributed by atoms with Gasteiger partial charge in [-0.3, -0.25) is 4.90 Å². The van der Waals surface area contributed by atoms with E-state index in [1.54, 1.807) is 0 Å². The molecule has 2 rings (SSSR count). The highest BCUT2D eigenvalue weighted by molar-refractivity contribution is 7.12. The van der Waals surface area contributed by atoms with Crippen LogP contribution in [0.3, 0.4) is 0 Å². The molecule has 0 aliphatic carbocycles. The molecule has 1 aromatic rings. The lowest BCUT2D eigenvalue weighted by Crippen LogP contribution is -2.44. The molecular formula is C15H26N2OS. The summed E-state index contributed by atoms with van der Waals surface area (Å²) in [6.07, 6.45) is 1.97. The first kappa shape index (κ1) is 15.0. The SMILES string of the molecule is Cc1ccc(C(C(C)N)N2CCC(C(C)O)CC2)s1. The average molecular weight is 282 g/mol. The smallest absolute Gasteiger partial charge is 0.0590 e. The maximum Gasteiger partial charge on any atom is 0.0590 e. The van der Waals surface area contributed by atoms with Crippen molar-refractivity contribution in [2.24, 2.45) is 11.7 Å². The van der Waals surface area contributed by atoms with Crippen LogP contribution in [0.25, 0.3) is 0 Å². The summed E-state index contributed by atoms with van der Waals surface area (Å²) in [7, 11) is 0. The Morgan fingerprint density at radius 3 is 2.37 bits per heavy atom. The molecule has 1 saturated heterocycles. The fourth-order valence-electron chi connectivity index (χ4n) is 3.06. The van der Waals surface area contributed by atoms with E-state index in [4.69, 9.17) is 5.73 Å². The van der Waals surface area contributed by atoms with E-state index in [2.05, 4.69) is 30.9 Å². The van der Waals surface area contributed by atoms with Crippen molar-refractivity contribution in [3.63, 3.8) is 0 Å². The van der Waals surface area contributed by atoms with Crippen molar-refractivity contribution in [2.45, 2.75) is 51.8 Å². The summed E-state index contributed by atoms with van der Waals surface area (Å²) >= 11 is 1.85. The number of nitrogens with zero attached hydrogens (tertiary/aromatic N) is 1. The Balaban J connectivity index is 2.05. The topological polar surface area (TPSA) is 49.5 Å². The lowest BCUT2D eigenvalue weighted by molar-refractivity contribution is 0.0519.